The highest BCUT2D eigenvalue weighted by Crippen LogP contribution is 2.21. The number of carbonyl (C=O) groups is 1. The summed E-state index contributed by atoms with van der Waals surface area (Å²) in [5.74, 6) is -0.296. The molecule has 0 radical (unpaired) electrons. The van der Waals surface area contributed by atoms with E-state index in [9.17, 15) is 4.79 Å². The number of hydrogen-bond donors (Lipinski definition) is 1. The van der Waals surface area contributed by atoms with Gasteiger partial charge in [0.2, 0.25) is 0 Å². The van der Waals surface area contributed by atoms with E-state index in [1.165, 1.54) is 17.6 Å². The molecule has 6 heteroatoms. The standard InChI is InChI=1S/C12H8Cl2N2OS/c13-9-4-2-1-3-8(9)7-15-16-12(17)10-5-6-11(14)18-10/h1-7H,(H,16,17)/b15-7+. The van der Waals surface area contributed by atoms with Gasteiger partial charge in [0.05, 0.1) is 15.4 Å². The highest BCUT2D eigenvalue weighted by atomic mass is 35.5. The second-order valence-corrected chi connectivity index (χ2v) is 5.45. The van der Waals surface area contributed by atoms with E-state index >= 15 is 0 Å². The molecular formula is C12H8Cl2N2OS. The maximum Gasteiger partial charge on any atom is 0.281 e. The number of nitrogens with one attached hydrogen (secondary N) is 1. The molecule has 3 nitrogen and oxygen atoms in total. The minimum atomic E-state index is -0.296. The van der Waals surface area contributed by atoms with Gasteiger partial charge in [-0.15, -0.1) is 11.3 Å². The molecule has 0 fully saturated rings. The van der Waals surface area contributed by atoms with Crippen molar-refractivity contribution in [3.05, 3.63) is 56.2 Å². The van der Waals surface area contributed by atoms with Crippen LogP contribution in [0.4, 0.5) is 0 Å². The monoisotopic (exact) mass is 298 g/mol. The zero-order chi connectivity index (χ0) is 13.0. The van der Waals surface area contributed by atoms with E-state index in [1.54, 1.807) is 24.3 Å². The second kappa shape index (κ2) is 6.00. The van der Waals surface area contributed by atoms with Crippen molar-refractivity contribution in [1.29, 1.82) is 0 Å². The molecule has 18 heavy (non-hydrogen) atoms. The number of hydrogen-bond acceptors (Lipinski definition) is 3. The van der Waals surface area contributed by atoms with Gasteiger partial charge >= 0.3 is 0 Å². The third kappa shape index (κ3) is 3.32. The number of halogens is 2. The smallest absolute Gasteiger partial charge is 0.266 e. The molecule has 0 saturated carbocycles. The lowest BCUT2D eigenvalue weighted by molar-refractivity contribution is 0.0959. The SMILES string of the molecule is O=C(N/N=C/c1ccccc1Cl)c1ccc(Cl)s1. The molecule has 1 aromatic carbocycles. The molecule has 0 atom stereocenters. The van der Waals surface area contributed by atoms with Crippen LogP contribution in [0.5, 0.6) is 0 Å². The maximum atomic E-state index is 11.6. The Kier molecular flexibility index (Phi) is 4.36. The highest BCUT2D eigenvalue weighted by molar-refractivity contribution is 7.17. The molecule has 0 unspecified atom stereocenters. The molecule has 0 aliphatic heterocycles. The molecule has 0 aliphatic carbocycles. The second-order valence-electron chi connectivity index (χ2n) is 3.32. The first-order valence-corrected chi connectivity index (χ1v) is 6.57. The summed E-state index contributed by atoms with van der Waals surface area (Å²) in [5, 5.41) is 4.42. The van der Waals surface area contributed by atoms with Crippen molar-refractivity contribution in [2.75, 3.05) is 0 Å². The molecule has 0 bridgehead atoms. The summed E-state index contributed by atoms with van der Waals surface area (Å²) >= 11 is 12.9. The normalized spacial score (nSPS) is 10.8. The zero-order valence-corrected chi connectivity index (χ0v) is 11.4. The fourth-order valence-corrected chi connectivity index (χ4v) is 2.35. The number of hydrazone groups is 1. The van der Waals surface area contributed by atoms with E-state index < -0.39 is 0 Å². The van der Waals surface area contributed by atoms with Crippen LogP contribution in [0.2, 0.25) is 9.36 Å². The summed E-state index contributed by atoms with van der Waals surface area (Å²) in [7, 11) is 0. The van der Waals surface area contributed by atoms with E-state index in [0.717, 1.165) is 5.56 Å². The lowest BCUT2D eigenvalue weighted by Crippen LogP contribution is -2.16. The summed E-state index contributed by atoms with van der Waals surface area (Å²) in [6.45, 7) is 0. The van der Waals surface area contributed by atoms with Crippen molar-refractivity contribution < 1.29 is 4.79 Å². The van der Waals surface area contributed by atoms with Crippen LogP contribution in [-0.4, -0.2) is 12.1 Å². The van der Waals surface area contributed by atoms with Gasteiger partial charge < -0.3 is 0 Å². The van der Waals surface area contributed by atoms with Crippen LogP contribution < -0.4 is 5.43 Å². The van der Waals surface area contributed by atoms with Crippen molar-refractivity contribution >= 4 is 46.7 Å². The van der Waals surface area contributed by atoms with Crippen molar-refractivity contribution in [2.45, 2.75) is 0 Å². The van der Waals surface area contributed by atoms with Crippen LogP contribution in [-0.2, 0) is 0 Å². The third-order valence-electron chi connectivity index (χ3n) is 2.07. The van der Waals surface area contributed by atoms with Gasteiger partial charge in [-0.25, -0.2) is 5.43 Å². The van der Waals surface area contributed by atoms with Crippen molar-refractivity contribution in [1.82, 2.24) is 5.43 Å². The molecule has 0 spiro atoms. The average Bonchev–Trinajstić information content (AvgIpc) is 2.78. The Labute approximate surface area is 118 Å². The van der Waals surface area contributed by atoms with E-state index in [2.05, 4.69) is 10.5 Å². The Balaban J connectivity index is 2.00. The lowest BCUT2D eigenvalue weighted by Gasteiger charge is -1.97. The number of nitrogens with zero attached hydrogens (tertiary/aromatic N) is 1. The van der Waals surface area contributed by atoms with E-state index in [1.807, 2.05) is 12.1 Å². The first-order chi connectivity index (χ1) is 8.66. The Morgan fingerprint density at radius 1 is 1.22 bits per heavy atom. The van der Waals surface area contributed by atoms with Crippen LogP contribution in [0.25, 0.3) is 0 Å². The number of rotatable bonds is 3. The van der Waals surface area contributed by atoms with Crippen molar-refractivity contribution in [3.63, 3.8) is 0 Å². The Morgan fingerprint density at radius 2 is 2.00 bits per heavy atom. The first-order valence-electron chi connectivity index (χ1n) is 5.00. The molecule has 2 aromatic rings. The molecule has 0 saturated heterocycles. The van der Waals surface area contributed by atoms with Gasteiger partial charge in [0, 0.05) is 10.6 Å². The Bertz CT molecular complexity index is 595. The Morgan fingerprint density at radius 3 is 2.67 bits per heavy atom. The zero-order valence-electron chi connectivity index (χ0n) is 9.06. The van der Waals surface area contributed by atoms with Gasteiger partial charge in [-0.2, -0.15) is 5.10 Å². The van der Waals surface area contributed by atoms with Gasteiger partial charge in [0.1, 0.15) is 0 Å². The molecule has 0 aliphatic rings. The van der Waals surface area contributed by atoms with E-state index in [-0.39, 0.29) is 5.91 Å². The topological polar surface area (TPSA) is 41.5 Å². The van der Waals surface area contributed by atoms with Gasteiger partial charge in [0.15, 0.2) is 0 Å². The van der Waals surface area contributed by atoms with E-state index in [0.29, 0.717) is 14.2 Å². The average molecular weight is 299 g/mol. The number of amides is 1. The largest absolute Gasteiger partial charge is 0.281 e. The van der Waals surface area contributed by atoms with Crippen molar-refractivity contribution in [3.8, 4) is 0 Å². The fraction of sp³-hybridized carbons (Fsp3) is 0. The summed E-state index contributed by atoms with van der Waals surface area (Å²) in [5.41, 5.74) is 3.15. The maximum absolute atomic E-state index is 11.6. The summed E-state index contributed by atoms with van der Waals surface area (Å²) in [6.07, 6.45) is 1.50. The molecule has 1 aromatic heterocycles. The van der Waals surface area contributed by atoms with Gasteiger partial charge in [-0.05, 0) is 18.2 Å². The minimum absolute atomic E-state index is 0.296. The minimum Gasteiger partial charge on any atom is -0.266 e. The molecule has 2 rings (SSSR count). The molecule has 1 heterocycles. The van der Waals surface area contributed by atoms with E-state index in [4.69, 9.17) is 23.2 Å². The predicted octanol–water partition coefficient (Wildman–Crippen LogP) is 3.82. The Hall–Kier alpha value is -1.36. The first kappa shape index (κ1) is 13.1. The number of benzene rings is 1. The van der Waals surface area contributed by atoms with Crippen LogP contribution in [0.3, 0.4) is 0 Å². The number of thiophene rings is 1. The summed E-state index contributed by atoms with van der Waals surface area (Å²) < 4.78 is 0.565. The number of carbonyl (C=O) groups excluding carboxylic acids is 1. The quantitative estimate of drug-likeness (QED) is 0.679. The summed E-state index contributed by atoms with van der Waals surface area (Å²) in [6, 6.07) is 10.5. The van der Waals surface area contributed by atoms with Crippen LogP contribution in [0.15, 0.2) is 41.5 Å². The lowest BCUT2D eigenvalue weighted by atomic mass is 10.2. The molecular weight excluding hydrogens is 291 g/mol. The summed E-state index contributed by atoms with van der Waals surface area (Å²) in [4.78, 5) is 12.1. The molecule has 92 valence electrons. The van der Waals surface area contributed by atoms with Gasteiger partial charge in [0.25, 0.3) is 5.91 Å². The van der Waals surface area contributed by atoms with Crippen LogP contribution in [0, 0.1) is 0 Å². The predicted molar refractivity (Wildman–Crippen MR) is 75.8 cm³/mol. The van der Waals surface area contributed by atoms with Gasteiger partial charge in [-0.1, -0.05) is 41.4 Å². The third-order valence-corrected chi connectivity index (χ3v) is 3.65. The van der Waals surface area contributed by atoms with Crippen molar-refractivity contribution in [2.24, 2.45) is 5.10 Å². The van der Waals surface area contributed by atoms with Crippen LogP contribution in [0.1, 0.15) is 15.2 Å². The fourth-order valence-electron chi connectivity index (χ4n) is 1.23. The van der Waals surface area contributed by atoms with Gasteiger partial charge in [-0.3, -0.25) is 4.79 Å². The molecule has 1 amide bonds. The highest BCUT2D eigenvalue weighted by Gasteiger charge is 2.06. The van der Waals surface area contributed by atoms with Crippen LogP contribution >= 0.6 is 34.5 Å². The molecule has 1 N–H and O–H groups in total.